The lowest BCUT2D eigenvalue weighted by molar-refractivity contribution is -0.385. The van der Waals surface area contributed by atoms with Gasteiger partial charge in [-0.15, -0.1) is 0 Å². The zero-order valence-electron chi connectivity index (χ0n) is 15.9. The highest BCUT2D eigenvalue weighted by Crippen LogP contribution is 2.34. The Morgan fingerprint density at radius 1 is 1.31 bits per heavy atom. The summed E-state index contributed by atoms with van der Waals surface area (Å²) >= 11 is 5.14. The first kappa shape index (κ1) is 20.2. The van der Waals surface area contributed by atoms with Crippen LogP contribution in [0.15, 0.2) is 47.6 Å². The normalized spacial score (nSPS) is 11.0. The van der Waals surface area contributed by atoms with E-state index in [0.29, 0.717) is 22.8 Å². The summed E-state index contributed by atoms with van der Waals surface area (Å²) in [7, 11) is 1.47. The number of H-pyrrole nitrogens is 1. The molecule has 0 aliphatic rings. The average molecular weight is 413 g/mol. The molecule has 0 spiro atoms. The van der Waals surface area contributed by atoms with Gasteiger partial charge in [0.25, 0.3) is 5.69 Å². The Morgan fingerprint density at radius 3 is 2.72 bits per heavy atom. The molecule has 29 heavy (non-hydrogen) atoms. The SMILES string of the molecule is CCc1n[nH]c(=S)n1/N=C\c1cc(OC)c(OCc2ccccc2)cc1[N+](=O)[O-]. The van der Waals surface area contributed by atoms with Gasteiger partial charge in [0.2, 0.25) is 4.77 Å². The molecule has 3 rings (SSSR count). The number of ether oxygens (including phenoxy) is 2. The fourth-order valence-electron chi connectivity index (χ4n) is 2.63. The number of methoxy groups -OCH3 is 1. The molecule has 150 valence electrons. The van der Waals surface area contributed by atoms with E-state index in [4.69, 9.17) is 21.7 Å². The largest absolute Gasteiger partial charge is 0.493 e. The monoisotopic (exact) mass is 413 g/mol. The van der Waals surface area contributed by atoms with Gasteiger partial charge in [-0.1, -0.05) is 37.3 Å². The third kappa shape index (κ3) is 4.66. The minimum Gasteiger partial charge on any atom is -0.493 e. The maximum atomic E-state index is 11.6. The van der Waals surface area contributed by atoms with Crippen molar-refractivity contribution in [3.05, 3.63) is 74.3 Å². The summed E-state index contributed by atoms with van der Waals surface area (Å²) in [6.45, 7) is 2.16. The molecule has 0 aliphatic heterocycles. The number of aromatic amines is 1. The molecule has 0 amide bonds. The molecule has 0 radical (unpaired) electrons. The zero-order chi connectivity index (χ0) is 20.8. The van der Waals surface area contributed by atoms with Gasteiger partial charge >= 0.3 is 0 Å². The van der Waals surface area contributed by atoms with Crippen LogP contribution >= 0.6 is 12.2 Å². The Bertz CT molecular complexity index is 1090. The predicted molar refractivity (Wildman–Crippen MR) is 110 cm³/mol. The number of rotatable bonds is 8. The van der Waals surface area contributed by atoms with Gasteiger partial charge < -0.3 is 9.47 Å². The van der Waals surface area contributed by atoms with Crippen molar-refractivity contribution >= 4 is 24.1 Å². The highest BCUT2D eigenvalue weighted by Gasteiger charge is 2.19. The maximum Gasteiger partial charge on any atom is 0.282 e. The zero-order valence-corrected chi connectivity index (χ0v) is 16.7. The lowest BCUT2D eigenvalue weighted by atomic mass is 10.1. The molecule has 0 unspecified atom stereocenters. The van der Waals surface area contributed by atoms with Crippen LogP contribution in [0, 0.1) is 14.9 Å². The molecule has 3 aromatic rings. The molecule has 1 heterocycles. The molecular weight excluding hydrogens is 394 g/mol. The van der Waals surface area contributed by atoms with E-state index >= 15 is 0 Å². The third-order valence-corrected chi connectivity index (χ3v) is 4.36. The van der Waals surface area contributed by atoms with Gasteiger partial charge in [0.1, 0.15) is 6.61 Å². The first-order chi connectivity index (χ1) is 14.0. The summed E-state index contributed by atoms with van der Waals surface area (Å²) in [5.74, 6) is 1.25. The summed E-state index contributed by atoms with van der Waals surface area (Å²) in [6.07, 6.45) is 1.95. The Morgan fingerprint density at radius 2 is 2.07 bits per heavy atom. The standard InChI is InChI=1S/C19H19N5O4S/c1-3-18-21-22-19(29)23(18)20-11-14-9-16(27-2)17(10-15(14)24(25)26)28-12-13-7-5-4-6-8-13/h4-11H,3,12H2,1-2H3,(H,22,29)/b20-11-. The molecule has 0 saturated heterocycles. The molecule has 1 aromatic heterocycles. The average Bonchev–Trinajstić information content (AvgIpc) is 3.10. The molecular formula is C19H19N5O4S. The first-order valence-corrected chi connectivity index (χ1v) is 9.18. The van der Waals surface area contributed by atoms with Gasteiger partial charge in [0, 0.05) is 6.42 Å². The van der Waals surface area contributed by atoms with Crippen molar-refractivity contribution in [2.24, 2.45) is 5.10 Å². The van der Waals surface area contributed by atoms with Crippen LogP contribution in [0.2, 0.25) is 0 Å². The van der Waals surface area contributed by atoms with Gasteiger partial charge in [-0.05, 0) is 23.8 Å². The van der Waals surface area contributed by atoms with Crippen molar-refractivity contribution in [1.29, 1.82) is 0 Å². The number of aromatic nitrogens is 3. The minimum atomic E-state index is -0.494. The van der Waals surface area contributed by atoms with Crippen molar-refractivity contribution < 1.29 is 14.4 Å². The number of hydrogen-bond acceptors (Lipinski definition) is 7. The number of nitro benzene ring substituents is 1. The lowest BCUT2D eigenvalue weighted by Gasteiger charge is -2.12. The Balaban J connectivity index is 1.95. The summed E-state index contributed by atoms with van der Waals surface area (Å²) < 4.78 is 12.8. The maximum absolute atomic E-state index is 11.6. The van der Waals surface area contributed by atoms with Crippen LogP contribution in [0.1, 0.15) is 23.9 Å². The lowest BCUT2D eigenvalue weighted by Crippen LogP contribution is -2.03. The number of aryl methyl sites for hydroxylation is 1. The fraction of sp³-hybridized carbons (Fsp3) is 0.211. The second kappa shape index (κ2) is 9.11. The van der Waals surface area contributed by atoms with Crippen LogP contribution in [0.25, 0.3) is 0 Å². The number of nitro groups is 1. The van der Waals surface area contributed by atoms with E-state index in [9.17, 15) is 10.1 Å². The molecule has 0 bridgehead atoms. The second-order valence-electron chi connectivity index (χ2n) is 5.95. The first-order valence-electron chi connectivity index (χ1n) is 8.77. The number of nitrogens with zero attached hydrogens (tertiary/aromatic N) is 4. The van der Waals surface area contributed by atoms with Crippen LogP contribution in [0.5, 0.6) is 11.5 Å². The fourth-order valence-corrected chi connectivity index (χ4v) is 2.82. The molecule has 0 aliphatic carbocycles. The highest BCUT2D eigenvalue weighted by molar-refractivity contribution is 7.71. The quantitative estimate of drug-likeness (QED) is 0.260. The number of benzene rings is 2. The minimum absolute atomic E-state index is 0.161. The van der Waals surface area contributed by atoms with Gasteiger partial charge in [-0.3, -0.25) is 15.2 Å². The van der Waals surface area contributed by atoms with E-state index < -0.39 is 4.92 Å². The van der Waals surface area contributed by atoms with Crippen molar-refractivity contribution in [2.75, 3.05) is 7.11 Å². The van der Waals surface area contributed by atoms with Crippen LogP contribution in [-0.4, -0.2) is 33.1 Å². The molecule has 0 atom stereocenters. The Labute approximate surface area is 171 Å². The Hall–Kier alpha value is -3.53. The highest BCUT2D eigenvalue weighted by atomic mass is 32.1. The molecule has 0 fully saturated rings. The summed E-state index contributed by atoms with van der Waals surface area (Å²) in [6, 6.07) is 12.3. The van der Waals surface area contributed by atoms with E-state index in [1.165, 1.54) is 30.1 Å². The van der Waals surface area contributed by atoms with Gasteiger partial charge in [-0.2, -0.15) is 14.9 Å². The Kier molecular flexibility index (Phi) is 6.35. The van der Waals surface area contributed by atoms with E-state index in [0.717, 1.165) is 5.56 Å². The summed E-state index contributed by atoms with van der Waals surface area (Å²) in [4.78, 5) is 11.1. The number of nitrogens with one attached hydrogen (secondary N) is 1. The van der Waals surface area contributed by atoms with Crippen molar-refractivity contribution in [3.8, 4) is 11.5 Å². The van der Waals surface area contributed by atoms with E-state index in [2.05, 4.69) is 15.3 Å². The van der Waals surface area contributed by atoms with Crippen LogP contribution in [-0.2, 0) is 13.0 Å². The predicted octanol–water partition coefficient (Wildman–Crippen LogP) is 3.88. The van der Waals surface area contributed by atoms with E-state index in [1.807, 2.05) is 37.3 Å². The molecule has 2 aromatic carbocycles. The van der Waals surface area contributed by atoms with Crippen molar-refractivity contribution in [1.82, 2.24) is 14.9 Å². The molecule has 9 nitrogen and oxygen atoms in total. The third-order valence-electron chi connectivity index (χ3n) is 4.09. The van der Waals surface area contributed by atoms with Crippen LogP contribution in [0.4, 0.5) is 5.69 Å². The van der Waals surface area contributed by atoms with Gasteiger partial charge in [-0.25, -0.2) is 0 Å². The van der Waals surface area contributed by atoms with E-state index in [1.54, 1.807) is 0 Å². The molecule has 1 N–H and O–H groups in total. The van der Waals surface area contributed by atoms with E-state index in [-0.39, 0.29) is 23.6 Å². The van der Waals surface area contributed by atoms with Gasteiger partial charge in [0.15, 0.2) is 17.3 Å². The van der Waals surface area contributed by atoms with Crippen molar-refractivity contribution in [3.63, 3.8) is 0 Å². The second-order valence-corrected chi connectivity index (χ2v) is 6.33. The number of hydrogen-bond donors (Lipinski definition) is 1. The summed E-state index contributed by atoms with van der Waals surface area (Å²) in [5, 5.41) is 22.6. The van der Waals surface area contributed by atoms with Crippen molar-refractivity contribution in [2.45, 2.75) is 20.0 Å². The topological polar surface area (TPSA) is 108 Å². The van der Waals surface area contributed by atoms with Crippen LogP contribution in [0.3, 0.4) is 0 Å². The molecule has 10 heteroatoms. The van der Waals surface area contributed by atoms with Gasteiger partial charge in [0.05, 0.1) is 29.9 Å². The summed E-state index contributed by atoms with van der Waals surface area (Å²) in [5.41, 5.74) is 1.03. The smallest absolute Gasteiger partial charge is 0.282 e. The van der Waals surface area contributed by atoms with Crippen LogP contribution < -0.4 is 9.47 Å². The molecule has 0 saturated carbocycles.